The summed E-state index contributed by atoms with van der Waals surface area (Å²) < 4.78 is 5.62. The second-order valence-electron chi connectivity index (χ2n) is 3.94. The first-order chi connectivity index (χ1) is 5.84. The Hall–Kier alpha value is -0.120. The number of hydrogen-bond acceptors (Lipinski definition) is 3. The van der Waals surface area contributed by atoms with E-state index in [1.807, 2.05) is 0 Å². The fraction of sp³-hybridized carbons (Fsp3) is 1.00. The molecule has 0 amide bonds. The van der Waals surface area contributed by atoms with Crippen molar-refractivity contribution in [2.24, 2.45) is 0 Å². The van der Waals surface area contributed by atoms with Crippen molar-refractivity contribution in [2.75, 3.05) is 33.3 Å². The van der Waals surface area contributed by atoms with Crippen LogP contribution >= 0.6 is 0 Å². The SMILES string of the molecule is CN1CCO[C@@H](CNC2CC2)C1. The van der Waals surface area contributed by atoms with E-state index in [9.17, 15) is 0 Å². The zero-order valence-corrected chi connectivity index (χ0v) is 7.75. The van der Waals surface area contributed by atoms with Crippen molar-refractivity contribution in [3.8, 4) is 0 Å². The summed E-state index contributed by atoms with van der Waals surface area (Å²) in [6.45, 7) is 4.10. The lowest BCUT2D eigenvalue weighted by molar-refractivity contribution is -0.0182. The maximum absolute atomic E-state index is 5.62. The number of nitrogens with one attached hydrogen (secondary N) is 1. The Morgan fingerprint density at radius 1 is 1.50 bits per heavy atom. The molecule has 2 fully saturated rings. The highest BCUT2D eigenvalue weighted by molar-refractivity contribution is 4.83. The van der Waals surface area contributed by atoms with Gasteiger partial charge in [0.1, 0.15) is 0 Å². The molecule has 2 rings (SSSR count). The van der Waals surface area contributed by atoms with Gasteiger partial charge in [0.2, 0.25) is 0 Å². The normalized spacial score (nSPS) is 32.2. The predicted octanol–water partition coefficient (Wildman–Crippen LogP) is 0.0690. The molecule has 1 saturated heterocycles. The minimum Gasteiger partial charge on any atom is -0.374 e. The first-order valence-electron chi connectivity index (χ1n) is 4.88. The molecule has 0 radical (unpaired) electrons. The average Bonchev–Trinajstić information content (AvgIpc) is 2.84. The van der Waals surface area contributed by atoms with Gasteiger partial charge in [-0.3, -0.25) is 0 Å². The number of morpholine rings is 1. The summed E-state index contributed by atoms with van der Waals surface area (Å²) in [5, 5.41) is 3.50. The van der Waals surface area contributed by atoms with Crippen molar-refractivity contribution in [2.45, 2.75) is 25.0 Å². The molecule has 0 aromatic rings. The molecule has 1 N–H and O–H groups in total. The largest absolute Gasteiger partial charge is 0.374 e. The van der Waals surface area contributed by atoms with Gasteiger partial charge in [-0.15, -0.1) is 0 Å². The highest BCUT2D eigenvalue weighted by atomic mass is 16.5. The van der Waals surface area contributed by atoms with Crippen molar-refractivity contribution in [1.82, 2.24) is 10.2 Å². The van der Waals surface area contributed by atoms with E-state index in [4.69, 9.17) is 4.74 Å². The molecule has 3 nitrogen and oxygen atoms in total. The maximum Gasteiger partial charge on any atom is 0.0826 e. The van der Waals surface area contributed by atoms with Crippen LogP contribution in [0.15, 0.2) is 0 Å². The van der Waals surface area contributed by atoms with Crippen LogP contribution in [0, 0.1) is 0 Å². The number of rotatable bonds is 3. The van der Waals surface area contributed by atoms with Gasteiger partial charge >= 0.3 is 0 Å². The predicted molar refractivity (Wildman–Crippen MR) is 48.3 cm³/mol. The van der Waals surface area contributed by atoms with E-state index in [-0.39, 0.29) is 0 Å². The van der Waals surface area contributed by atoms with Gasteiger partial charge in [0.25, 0.3) is 0 Å². The molecule has 2 aliphatic rings. The van der Waals surface area contributed by atoms with Crippen LogP contribution in [0.2, 0.25) is 0 Å². The Labute approximate surface area is 74.1 Å². The van der Waals surface area contributed by atoms with E-state index in [1.165, 1.54) is 12.8 Å². The van der Waals surface area contributed by atoms with Crippen molar-refractivity contribution in [3.05, 3.63) is 0 Å². The van der Waals surface area contributed by atoms with Crippen molar-refractivity contribution >= 4 is 0 Å². The first kappa shape index (κ1) is 8.48. The molecule has 1 aliphatic carbocycles. The summed E-state index contributed by atoms with van der Waals surface area (Å²) in [4.78, 5) is 2.34. The Morgan fingerprint density at radius 3 is 3.00 bits per heavy atom. The highest BCUT2D eigenvalue weighted by Gasteiger charge is 2.23. The van der Waals surface area contributed by atoms with E-state index >= 15 is 0 Å². The van der Waals surface area contributed by atoms with Gasteiger partial charge in [0.15, 0.2) is 0 Å². The summed E-state index contributed by atoms with van der Waals surface area (Å²) in [5.41, 5.74) is 0. The lowest BCUT2D eigenvalue weighted by atomic mass is 10.3. The molecule has 70 valence electrons. The standard InChI is InChI=1S/C9H18N2O/c1-11-4-5-12-9(7-11)6-10-8-2-3-8/h8-10H,2-7H2,1H3/t9-/m0/s1. The van der Waals surface area contributed by atoms with Crippen LogP contribution < -0.4 is 5.32 Å². The summed E-state index contributed by atoms with van der Waals surface area (Å²) in [6, 6.07) is 0.806. The number of nitrogens with zero attached hydrogens (tertiary/aromatic N) is 1. The minimum atomic E-state index is 0.421. The van der Waals surface area contributed by atoms with Gasteiger partial charge in [-0.1, -0.05) is 0 Å². The smallest absolute Gasteiger partial charge is 0.0826 e. The monoisotopic (exact) mass is 170 g/mol. The third kappa shape index (κ3) is 2.44. The van der Waals surface area contributed by atoms with Crippen LogP contribution in [-0.4, -0.2) is 50.3 Å². The second-order valence-corrected chi connectivity index (χ2v) is 3.94. The number of likely N-dealkylation sites (N-methyl/N-ethyl adjacent to an activating group) is 1. The van der Waals surface area contributed by atoms with E-state index in [0.717, 1.165) is 32.3 Å². The Balaban J connectivity index is 1.64. The van der Waals surface area contributed by atoms with E-state index in [0.29, 0.717) is 6.10 Å². The molecule has 12 heavy (non-hydrogen) atoms. The molecule has 3 heteroatoms. The number of hydrogen-bond donors (Lipinski definition) is 1. The Kier molecular flexibility index (Phi) is 2.63. The summed E-state index contributed by atoms with van der Waals surface area (Å²) in [5.74, 6) is 0. The van der Waals surface area contributed by atoms with Gasteiger partial charge in [0.05, 0.1) is 12.7 Å². The van der Waals surface area contributed by atoms with E-state index in [1.54, 1.807) is 0 Å². The molecule has 1 heterocycles. The summed E-state index contributed by atoms with van der Waals surface area (Å²) in [7, 11) is 2.16. The van der Waals surface area contributed by atoms with Crippen LogP contribution in [0.3, 0.4) is 0 Å². The van der Waals surface area contributed by atoms with E-state index < -0.39 is 0 Å². The Morgan fingerprint density at radius 2 is 2.33 bits per heavy atom. The van der Waals surface area contributed by atoms with Gasteiger partial charge < -0.3 is 15.0 Å². The van der Waals surface area contributed by atoms with Crippen LogP contribution in [0.4, 0.5) is 0 Å². The molecule has 1 saturated carbocycles. The second kappa shape index (κ2) is 3.73. The summed E-state index contributed by atoms with van der Waals surface area (Å²) >= 11 is 0. The van der Waals surface area contributed by atoms with Gasteiger partial charge in [-0.2, -0.15) is 0 Å². The van der Waals surface area contributed by atoms with Crippen LogP contribution in [0.25, 0.3) is 0 Å². The minimum absolute atomic E-state index is 0.421. The molecule has 0 unspecified atom stereocenters. The lowest BCUT2D eigenvalue weighted by Crippen LogP contribution is -2.45. The molecule has 0 spiro atoms. The van der Waals surface area contributed by atoms with Gasteiger partial charge in [-0.05, 0) is 19.9 Å². The average molecular weight is 170 g/mol. The third-order valence-electron chi connectivity index (χ3n) is 2.55. The topological polar surface area (TPSA) is 24.5 Å². The fourth-order valence-electron chi connectivity index (χ4n) is 1.58. The van der Waals surface area contributed by atoms with Crippen molar-refractivity contribution in [1.29, 1.82) is 0 Å². The molecule has 0 aromatic carbocycles. The molecular formula is C9H18N2O. The Bertz CT molecular complexity index is 147. The van der Waals surface area contributed by atoms with E-state index in [2.05, 4.69) is 17.3 Å². The number of ether oxygens (including phenoxy) is 1. The van der Waals surface area contributed by atoms with Crippen LogP contribution in [0.5, 0.6) is 0 Å². The first-order valence-corrected chi connectivity index (χ1v) is 4.88. The van der Waals surface area contributed by atoms with Crippen molar-refractivity contribution < 1.29 is 4.74 Å². The highest BCUT2D eigenvalue weighted by Crippen LogP contribution is 2.18. The molecule has 1 aliphatic heterocycles. The summed E-state index contributed by atoms with van der Waals surface area (Å²) in [6.07, 6.45) is 3.15. The lowest BCUT2D eigenvalue weighted by Gasteiger charge is -2.30. The van der Waals surface area contributed by atoms with Crippen LogP contribution in [-0.2, 0) is 4.74 Å². The zero-order chi connectivity index (χ0) is 8.39. The fourth-order valence-corrected chi connectivity index (χ4v) is 1.58. The molecule has 0 bridgehead atoms. The third-order valence-corrected chi connectivity index (χ3v) is 2.55. The zero-order valence-electron chi connectivity index (χ0n) is 7.75. The van der Waals surface area contributed by atoms with Gasteiger partial charge in [0, 0.05) is 25.7 Å². The molecule has 1 atom stereocenters. The van der Waals surface area contributed by atoms with Gasteiger partial charge in [-0.25, -0.2) is 0 Å². The maximum atomic E-state index is 5.62. The van der Waals surface area contributed by atoms with Crippen LogP contribution in [0.1, 0.15) is 12.8 Å². The molecular weight excluding hydrogens is 152 g/mol. The molecule has 0 aromatic heterocycles. The quantitative estimate of drug-likeness (QED) is 0.648. The van der Waals surface area contributed by atoms with Crippen molar-refractivity contribution in [3.63, 3.8) is 0 Å².